The van der Waals surface area contributed by atoms with Crippen molar-refractivity contribution in [1.82, 2.24) is 0 Å². The zero-order chi connectivity index (χ0) is 7.71. The molecule has 0 saturated carbocycles. The Bertz CT molecular complexity index is 88.7. The van der Waals surface area contributed by atoms with E-state index in [0.717, 1.165) is 0 Å². The van der Waals surface area contributed by atoms with E-state index in [-0.39, 0.29) is 54.6 Å². The molecule has 0 heterocycles. The molecule has 0 fully saturated rings. The van der Waals surface area contributed by atoms with E-state index in [1.807, 2.05) is 0 Å². The number of nitrogens with two attached hydrogens (primary N) is 1. The molecule has 0 saturated heterocycles. The van der Waals surface area contributed by atoms with Gasteiger partial charge in [0.25, 0.3) is 0 Å². The van der Waals surface area contributed by atoms with Gasteiger partial charge in [-0.3, -0.25) is 0 Å². The van der Waals surface area contributed by atoms with Crippen molar-refractivity contribution < 1.29 is 48.4 Å². The summed E-state index contributed by atoms with van der Waals surface area (Å²) >= 11 is 0. The number of nitrogens with zero attached hydrogens (tertiary/aromatic N) is 1. The van der Waals surface area contributed by atoms with E-state index in [9.17, 15) is 0 Å². The summed E-state index contributed by atoms with van der Waals surface area (Å²) in [6, 6.07) is 0. The Morgan fingerprint density at radius 3 is 0.917 bits per heavy atom. The first-order valence-corrected chi connectivity index (χ1v) is 10.3. The van der Waals surface area contributed by atoms with Crippen molar-refractivity contribution in [1.29, 1.82) is 0 Å². The van der Waals surface area contributed by atoms with Crippen LogP contribution >= 0.6 is 0 Å². The van der Waals surface area contributed by atoms with E-state index in [1.54, 1.807) is 0 Å². The third-order valence-corrected chi connectivity index (χ3v) is 6.04. The molecule has 0 rings (SSSR count). The van der Waals surface area contributed by atoms with E-state index in [4.69, 9.17) is 4.65 Å². The molecular formula is C6H20LiN2NaSi2. The number of hydrogen-bond acceptors (Lipinski definition) is 0. The van der Waals surface area contributed by atoms with Crippen LogP contribution in [0.2, 0.25) is 39.3 Å². The largest absolute Gasteiger partial charge is 1.00 e. The Hall–Kier alpha value is 1.95. The quantitative estimate of drug-likeness (QED) is 0.459. The molecule has 0 aliphatic rings. The summed E-state index contributed by atoms with van der Waals surface area (Å²) < 4.78 is 4.82. The maximum Gasteiger partial charge on any atom is 1.00 e. The maximum absolute atomic E-state index is 4.82. The van der Waals surface area contributed by atoms with Crippen molar-refractivity contribution in [3.8, 4) is 0 Å². The Morgan fingerprint density at radius 2 is 0.917 bits per heavy atom. The Balaban J connectivity index is -0.000000107. The molecule has 0 aromatic carbocycles. The summed E-state index contributed by atoms with van der Waals surface area (Å²) in [6.45, 7) is 13.8. The fraction of sp³-hybridized carbons (Fsp3) is 1.00. The molecule has 12 heavy (non-hydrogen) atoms. The summed E-state index contributed by atoms with van der Waals surface area (Å²) in [5.74, 6) is 0. The predicted octanol–water partition coefficient (Wildman–Crippen LogP) is -2.24. The molecule has 2 N–H and O–H groups in total. The Kier molecular flexibility index (Phi) is 16.3. The van der Waals surface area contributed by atoms with Gasteiger partial charge in [0, 0.05) is 0 Å². The zero-order valence-electron chi connectivity index (χ0n) is 10.0. The first kappa shape index (κ1) is 23.6. The Morgan fingerprint density at radius 1 is 0.750 bits per heavy atom. The van der Waals surface area contributed by atoms with Crippen LogP contribution < -0.4 is 48.4 Å². The fourth-order valence-electron chi connectivity index (χ4n) is 1.01. The van der Waals surface area contributed by atoms with Gasteiger partial charge in [0.1, 0.15) is 0 Å². The average molecular weight is 206 g/mol. The van der Waals surface area contributed by atoms with E-state index in [1.165, 1.54) is 0 Å². The number of hydrogen-bond donors (Lipinski definition) is 0. The molecule has 0 aromatic rings. The van der Waals surface area contributed by atoms with Gasteiger partial charge in [0.2, 0.25) is 0 Å². The van der Waals surface area contributed by atoms with Crippen molar-refractivity contribution in [3.05, 3.63) is 10.8 Å². The second-order valence-corrected chi connectivity index (χ2v) is 14.0. The molecule has 0 radical (unpaired) electrons. The summed E-state index contributed by atoms with van der Waals surface area (Å²) in [5, 5.41) is 0. The van der Waals surface area contributed by atoms with Crippen LogP contribution in [-0.2, 0) is 0 Å². The van der Waals surface area contributed by atoms with Gasteiger partial charge < -0.3 is 10.8 Å². The van der Waals surface area contributed by atoms with Gasteiger partial charge in [-0.25, -0.2) is 0 Å². The molecule has 64 valence electrons. The molecule has 0 bridgehead atoms. The molecule has 0 aliphatic heterocycles. The van der Waals surface area contributed by atoms with Crippen LogP contribution in [-0.4, -0.2) is 16.5 Å². The molecule has 0 spiro atoms. The second-order valence-electron chi connectivity index (χ2n) is 4.45. The predicted molar refractivity (Wildman–Crippen MR) is 55.3 cm³/mol. The van der Waals surface area contributed by atoms with E-state index in [2.05, 4.69) is 39.3 Å². The van der Waals surface area contributed by atoms with E-state index >= 15 is 0 Å². The molecule has 0 aromatic heterocycles. The molecule has 6 heteroatoms. The standard InChI is InChI=1S/C6H18NSi2.Li.H2N.Na/c1-8(2,3)7-9(4,5)6;;;/h1-6H3;;1H2;/q-1;+1;-1;+1. The molecule has 2 nitrogen and oxygen atoms in total. The van der Waals surface area contributed by atoms with Gasteiger partial charge in [-0.05, 0) is 0 Å². The third-order valence-electron chi connectivity index (χ3n) is 0.671. The van der Waals surface area contributed by atoms with Gasteiger partial charge in [0.05, 0.1) is 0 Å². The van der Waals surface area contributed by atoms with Crippen molar-refractivity contribution in [3.63, 3.8) is 0 Å². The summed E-state index contributed by atoms with van der Waals surface area (Å²) in [4.78, 5) is 0. The van der Waals surface area contributed by atoms with Crippen LogP contribution in [0.3, 0.4) is 0 Å². The van der Waals surface area contributed by atoms with Crippen LogP contribution in [0.5, 0.6) is 0 Å². The van der Waals surface area contributed by atoms with Crippen LogP contribution in [0.15, 0.2) is 0 Å². The normalized spacial score (nSPS) is 10.5. The van der Waals surface area contributed by atoms with Crippen molar-refractivity contribution >= 4 is 16.5 Å². The minimum Gasteiger partial charge on any atom is -0.693 e. The summed E-state index contributed by atoms with van der Waals surface area (Å²) in [5.41, 5.74) is 0. The van der Waals surface area contributed by atoms with E-state index < -0.39 is 16.5 Å². The molecule has 0 aliphatic carbocycles. The number of rotatable bonds is 2. The Labute approximate surface area is 114 Å². The molecular weight excluding hydrogens is 186 g/mol. The monoisotopic (exact) mass is 206 g/mol. The van der Waals surface area contributed by atoms with Crippen LogP contribution in [0.25, 0.3) is 10.8 Å². The van der Waals surface area contributed by atoms with Crippen molar-refractivity contribution in [2.24, 2.45) is 0 Å². The second kappa shape index (κ2) is 8.28. The van der Waals surface area contributed by atoms with Gasteiger partial charge in [-0.15, -0.1) is 0 Å². The van der Waals surface area contributed by atoms with E-state index in [0.29, 0.717) is 0 Å². The molecule has 0 atom stereocenters. The van der Waals surface area contributed by atoms with Gasteiger partial charge >= 0.3 is 48.4 Å². The first-order valence-electron chi connectivity index (χ1n) is 3.45. The van der Waals surface area contributed by atoms with Crippen molar-refractivity contribution in [2.45, 2.75) is 39.3 Å². The molecule has 0 amide bonds. The van der Waals surface area contributed by atoms with Crippen LogP contribution in [0.1, 0.15) is 0 Å². The topological polar surface area (TPSA) is 47.6 Å². The third kappa shape index (κ3) is 22.7. The molecule has 0 unspecified atom stereocenters. The smallest absolute Gasteiger partial charge is 0.693 e. The minimum absolute atomic E-state index is 0. The fourth-order valence-corrected chi connectivity index (χ4v) is 9.06. The first-order chi connectivity index (χ1) is 3.71. The minimum atomic E-state index is -1.11. The van der Waals surface area contributed by atoms with Crippen LogP contribution in [0.4, 0.5) is 0 Å². The SMILES string of the molecule is C[Si](C)(C)[N-][Si](C)(C)C.[Li+].[NH2-].[Na+]. The zero-order valence-corrected chi connectivity index (χ0v) is 14.0. The average Bonchev–Trinajstić information content (AvgIpc) is 1.14. The van der Waals surface area contributed by atoms with Crippen LogP contribution in [0, 0.1) is 0 Å². The summed E-state index contributed by atoms with van der Waals surface area (Å²) in [6.07, 6.45) is 0. The van der Waals surface area contributed by atoms with Gasteiger partial charge in [-0.1, -0.05) is 55.8 Å². The van der Waals surface area contributed by atoms with Gasteiger partial charge in [0.15, 0.2) is 0 Å². The van der Waals surface area contributed by atoms with Crippen molar-refractivity contribution in [2.75, 3.05) is 0 Å². The maximum atomic E-state index is 4.82. The summed E-state index contributed by atoms with van der Waals surface area (Å²) in [7, 11) is -2.21. The van der Waals surface area contributed by atoms with Gasteiger partial charge in [-0.2, -0.15) is 0 Å².